The van der Waals surface area contributed by atoms with Gasteiger partial charge in [-0.2, -0.15) is 0 Å². The molecule has 0 aromatic heterocycles. The molecule has 2 aromatic carbocycles. The van der Waals surface area contributed by atoms with Gasteiger partial charge in [0.25, 0.3) is 0 Å². The van der Waals surface area contributed by atoms with E-state index in [0.29, 0.717) is 17.4 Å². The van der Waals surface area contributed by atoms with E-state index in [1.54, 1.807) is 14.0 Å². The third-order valence-corrected chi connectivity index (χ3v) is 3.67. The van der Waals surface area contributed by atoms with Crippen molar-refractivity contribution in [2.45, 2.75) is 33.8 Å². The molecule has 0 bridgehead atoms. The molecular weight excluding hydrogens is 308 g/mol. The molecule has 3 nitrogen and oxygen atoms in total. The lowest BCUT2D eigenvalue weighted by Crippen LogP contribution is -2.06. The van der Waals surface area contributed by atoms with Crippen LogP contribution in [0.5, 0.6) is 17.2 Å². The van der Waals surface area contributed by atoms with E-state index >= 15 is 0 Å². The summed E-state index contributed by atoms with van der Waals surface area (Å²) in [6.07, 6.45) is 1.01. The minimum Gasteiger partial charge on any atom is -0.496 e. The summed E-state index contributed by atoms with van der Waals surface area (Å²) in [6.45, 7) is 6.29. The highest BCUT2D eigenvalue weighted by atomic mass is 32.1. The van der Waals surface area contributed by atoms with E-state index in [9.17, 15) is 0 Å². The van der Waals surface area contributed by atoms with Crippen molar-refractivity contribution < 1.29 is 14.2 Å². The second-order valence-corrected chi connectivity index (χ2v) is 5.85. The van der Waals surface area contributed by atoms with Gasteiger partial charge in [0.2, 0.25) is 0 Å². The Labute approximate surface area is 143 Å². The number of thiocarbonyl (C=S) groups is 1. The van der Waals surface area contributed by atoms with E-state index in [1.165, 1.54) is 5.56 Å². The van der Waals surface area contributed by atoms with Gasteiger partial charge in [-0.1, -0.05) is 25.1 Å². The summed E-state index contributed by atoms with van der Waals surface area (Å²) in [5, 5.41) is 0.461. The summed E-state index contributed by atoms with van der Waals surface area (Å²) < 4.78 is 17.0. The average molecular weight is 330 g/mol. The Morgan fingerprint density at radius 2 is 1.83 bits per heavy atom. The van der Waals surface area contributed by atoms with E-state index in [4.69, 9.17) is 26.4 Å². The van der Waals surface area contributed by atoms with Gasteiger partial charge >= 0.3 is 0 Å². The van der Waals surface area contributed by atoms with Gasteiger partial charge in [0.1, 0.15) is 23.9 Å². The summed E-state index contributed by atoms with van der Waals surface area (Å²) in [6, 6.07) is 11.9. The van der Waals surface area contributed by atoms with E-state index in [0.717, 1.165) is 29.0 Å². The molecule has 0 unspecified atom stereocenters. The Bertz CT molecular complexity index is 695. The van der Waals surface area contributed by atoms with Crippen LogP contribution in [0.2, 0.25) is 0 Å². The quantitative estimate of drug-likeness (QED) is 0.706. The fourth-order valence-corrected chi connectivity index (χ4v) is 2.46. The van der Waals surface area contributed by atoms with Gasteiger partial charge in [0.15, 0.2) is 5.05 Å². The van der Waals surface area contributed by atoms with E-state index in [1.807, 2.05) is 24.3 Å². The number of aryl methyl sites for hydroxylation is 2. The van der Waals surface area contributed by atoms with Gasteiger partial charge in [-0.15, -0.1) is 0 Å². The van der Waals surface area contributed by atoms with Crippen LogP contribution in [-0.4, -0.2) is 12.2 Å². The molecule has 4 heteroatoms. The van der Waals surface area contributed by atoms with Crippen molar-refractivity contribution in [3.63, 3.8) is 0 Å². The molecule has 0 saturated heterocycles. The topological polar surface area (TPSA) is 27.7 Å². The predicted molar refractivity (Wildman–Crippen MR) is 96.8 cm³/mol. The molecule has 0 radical (unpaired) electrons. The third-order valence-electron chi connectivity index (χ3n) is 3.58. The molecule has 0 spiro atoms. The fourth-order valence-electron chi connectivity index (χ4n) is 2.37. The number of rotatable bonds is 6. The number of ether oxygens (including phenoxy) is 3. The SMILES string of the molecule is CCc1ccc(OCc2c(OC)cccc2OC(C)=S)c(C)c1. The van der Waals surface area contributed by atoms with E-state index < -0.39 is 0 Å². The van der Waals surface area contributed by atoms with Crippen LogP contribution in [0.1, 0.15) is 30.5 Å². The fraction of sp³-hybridized carbons (Fsp3) is 0.316. The molecule has 0 amide bonds. The minimum absolute atomic E-state index is 0.355. The average Bonchev–Trinajstić information content (AvgIpc) is 2.53. The van der Waals surface area contributed by atoms with Crippen molar-refractivity contribution in [1.29, 1.82) is 0 Å². The van der Waals surface area contributed by atoms with Crippen LogP contribution in [0.25, 0.3) is 0 Å². The first kappa shape index (κ1) is 17.3. The maximum atomic E-state index is 5.98. The Morgan fingerprint density at radius 3 is 2.43 bits per heavy atom. The van der Waals surface area contributed by atoms with Gasteiger partial charge in [0, 0.05) is 6.92 Å². The van der Waals surface area contributed by atoms with Crippen molar-refractivity contribution in [3.05, 3.63) is 53.1 Å². The van der Waals surface area contributed by atoms with Crippen LogP contribution in [-0.2, 0) is 13.0 Å². The van der Waals surface area contributed by atoms with Crippen LogP contribution in [0, 0.1) is 6.92 Å². The maximum absolute atomic E-state index is 5.98. The first-order valence-electron chi connectivity index (χ1n) is 7.61. The zero-order chi connectivity index (χ0) is 16.8. The Hall–Kier alpha value is -2.07. The molecule has 23 heavy (non-hydrogen) atoms. The van der Waals surface area contributed by atoms with E-state index in [2.05, 4.69) is 26.0 Å². The van der Waals surface area contributed by atoms with Crippen molar-refractivity contribution in [2.24, 2.45) is 0 Å². The Kier molecular flexibility index (Phi) is 5.99. The molecule has 0 heterocycles. The van der Waals surface area contributed by atoms with Crippen LogP contribution in [0.3, 0.4) is 0 Å². The first-order valence-corrected chi connectivity index (χ1v) is 8.02. The molecule has 0 aliphatic carbocycles. The van der Waals surface area contributed by atoms with Gasteiger partial charge in [-0.3, -0.25) is 0 Å². The van der Waals surface area contributed by atoms with Crippen LogP contribution < -0.4 is 14.2 Å². The zero-order valence-corrected chi connectivity index (χ0v) is 14.8. The van der Waals surface area contributed by atoms with Crippen molar-refractivity contribution in [1.82, 2.24) is 0 Å². The summed E-state index contributed by atoms with van der Waals surface area (Å²) >= 11 is 5.04. The molecule has 0 N–H and O–H groups in total. The molecule has 0 saturated carbocycles. The number of hydrogen-bond donors (Lipinski definition) is 0. The second-order valence-electron chi connectivity index (χ2n) is 5.27. The predicted octanol–water partition coefficient (Wildman–Crippen LogP) is 4.87. The van der Waals surface area contributed by atoms with Crippen molar-refractivity contribution in [3.8, 4) is 17.2 Å². The largest absolute Gasteiger partial charge is 0.496 e. The minimum atomic E-state index is 0.355. The molecule has 0 aliphatic rings. The lowest BCUT2D eigenvalue weighted by atomic mass is 10.1. The van der Waals surface area contributed by atoms with Crippen LogP contribution in [0.15, 0.2) is 36.4 Å². The lowest BCUT2D eigenvalue weighted by Gasteiger charge is -2.16. The monoisotopic (exact) mass is 330 g/mol. The van der Waals surface area contributed by atoms with Gasteiger partial charge in [0.05, 0.1) is 12.7 Å². The molecule has 0 aliphatic heterocycles. The highest BCUT2D eigenvalue weighted by Gasteiger charge is 2.13. The van der Waals surface area contributed by atoms with Crippen LogP contribution >= 0.6 is 12.2 Å². The first-order chi connectivity index (χ1) is 11.0. The number of hydrogen-bond acceptors (Lipinski definition) is 4. The lowest BCUT2D eigenvalue weighted by molar-refractivity contribution is 0.290. The smallest absolute Gasteiger partial charge is 0.164 e. The highest BCUT2D eigenvalue weighted by Crippen LogP contribution is 2.31. The van der Waals surface area contributed by atoms with Gasteiger partial charge < -0.3 is 14.2 Å². The molecule has 0 fully saturated rings. The molecule has 0 atom stereocenters. The van der Waals surface area contributed by atoms with Gasteiger partial charge in [-0.25, -0.2) is 0 Å². The molecule has 2 aromatic rings. The summed E-state index contributed by atoms with van der Waals surface area (Å²) in [7, 11) is 1.63. The van der Waals surface area contributed by atoms with E-state index in [-0.39, 0.29) is 0 Å². The standard InChI is InChI=1S/C19H22O3S/c1-5-15-9-10-17(13(2)11-15)21-12-16-18(20-4)7-6-8-19(16)22-14(3)23/h6-11H,5,12H2,1-4H3. The zero-order valence-electron chi connectivity index (χ0n) is 14.0. The summed E-state index contributed by atoms with van der Waals surface area (Å²) in [4.78, 5) is 0. The number of methoxy groups -OCH3 is 1. The van der Waals surface area contributed by atoms with Crippen molar-refractivity contribution in [2.75, 3.05) is 7.11 Å². The Morgan fingerprint density at radius 1 is 1.09 bits per heavy atom. The molecule has 2 rings (SSSR count). The summed E-state index contributed by atoms with van der Waals surface area (Å²) in [5.74, 6) is 2.25. The normalized spacial score (nSPS) is 10.3. The second kappa shape index (κ2) is 7.97. The third kappa shape index (κ3) is 4.45. The molecular formula is C19H22O3S. The maximum Gasteiger partial charge on any atom is 0.164 e. The Balaban J connectivity index is 2.24. The van der Waals surface area contributed by atoms with Crippen LogP contribution in [0.4, 0.5) is 0 Å². The summed E-state index contributed by atoms with van der Waals surface area (Å²) in [5.41, 5.74) is 3.26. The van der Waals surface area contributed by atoms with Gasteiger partial charge in [-0.05, 0) is 54.9 Å². The highest BCUT2D eigenvalue weighted by molar-refractivity contribution is 7.80. The number of benzene rings is 2. The van der Waals surface area contributed by atoms with Crippen molar-refractivity contribution >= 4 is 17.3 Å². The molecule has 122 valence electrons.